The summed E-state index contributed by atoms with van der Waals surface area (Å²) in [4.78, 5) is 22.1. The summed E-state index contributed by atoms with van der Waals surface area (Å²) in [5.74, 6) is 0.831. The molecule has 0 radical (unpaired) electrons. The number of nitrogens with zero attached hydrogens (tertiary/aromatic N) is 4. The third-order valence-corrected chi connectivity index (χ3v) is 5.67. The van der Waals surface area contributed by atoms with Crippen molar-refractivity contribution in [3.63, 3.8) is 0 Å². The van der Waals surface area contributed by atoms with Gasteiger partial charge in [-0.15, -0.1) is 0 Å². The zero-order valence-corrected chi connectivity index (χ0v) is 13.8. The molecule has 0 saturated carbocycles. The van der Waals surface area contributed by atoms with Crippen molar-refractivity contribution in [1.29, 1.82) is 0 Å². The van der Waals surface area contributed by atoms with Crippen LogP contribution in [0.1, 0.15) is 11.6 Å². The molecule has 1 aromatic carbocycles. The topological polar surface area (TPSA) is 52.7 Å². The van der Waals surface area contributed by atoms with E-state index in [-0.39, 0.29) is 11.6 Å². The van der Waals surface area contributed by atoms with E-state index < -0.39 is 0 Å². The molecule has 5 nitrogen and oxygen atoms in total. The van der Waals surface area contributed by atoms with Gasteiger partial charge in [-0.05, 0) is 11.8 Å². The Bertz CT molecular complexity index is 917. The number of hydrogen-bond acceptors (Lipinski definition) is 5. The number of fused-ring (bicyclic) bond motifs is 2. The lowest BCUT2D eigenvalue weighted by atomic mass is 10.1. The van der Waals surface area contributed by atoms with Gasteiger partial charge in [0.15, 0.2) is 21.5 Å². The number of imidazole rings is 1. The maximum absolute atomic E-state index is 13.0. The minimum Gasteiger partial charge on any atom is -0.316 e. The SMILES string of the molecule is CSc1nc2nc3n(c(=O)c2n1C)C(c1ccccc1)CS3. The standard InChI is InChI=1S/C15H14N4OS2/c1-18-11-12(16-14(18)21-2)17-15-19(13(11)20)10(8-22-15)9-6-4-3-5-7-9/h3-7,10H,8H2,1-2H3. The third-order valence-electron chi connectivity index (χ3n) is 3.91. The zero-order valence-electron chi connectivity index (χ0n) is 12.2. The van der Waals surface area contributed by atoms with E-state index in [2.05, 4.69) is 22.1 Å². The van der Waals surface area contributed by atoms with Gasteiger partial charge >= 0.3 is 0 Å². The van der Waals surface area contributed by atoms with E-state index >= 15 is 0 Å². The van der Waals surface area contributed by atoms with Gasteiger partial charge in [0.05, 0.1) is 6.04 Å². The van der Waals surface area contributed by atoms with Crippen molar-refractivity contribution >= 4 is 34.7 Å². The van der Waals surface area contributed by atoms with Crippen molar-refractivity contribution in [3.8, 4) is 0 Å². The predicted octanol–water partition coefficient (Wildman–Crippen LogP) is 2.55. The van der Waals surface area contributed by atoms with Gasteiger partial charge in [-0.1, -0.05) is 53.9 Å². The van der Waals surface area contributed by atoms with E-state index in [1.165, 1.54) is 11.8 Å². The molecule has 3 aromatic rings. The monoisotopic (exact) mass is 330 g/mol. The fraction of sp³-hybridized carbons (Fsp3) is 0.267. The summed E-state index contributed by atoms with van der Waals surface area (Å²) in [7, 11) is 1.87. The Kier molecular flexibility index (Phi) is 3.27. The molecular formula is C15H14N4OS2. The molecule has 1 atom stereocenters. The van der Waals surface area contributed by atoms with E-state index in [1.807, 2.05) is 40.6 Å². The third kappa shape index (κ3) is 1.92. The Morgan fingerprint density at radius 2 is 2.05 bits per heavy atom. The minimum absolute atomic E-state index is 0.00541. The lowest BCUT2D eigenvalue weighted by molar-refractivity contribution is 0.578. The van der Waals surface area contributed by atoms with Gasteiger partial charge in [-0.3, -0.25) is 9.36 Å². The van der Waals surface area contributed by atoms with Crippen LogP contribution in [0.15, 0.2) is 45.4 Å². The first kappa shape index (κ1) is 13.9. The van der Waals surface area contributed by atoms with Gasteiger partial charge in [0.2, 0.25) is 0 Å². The molecule has 112 valence electrons. The van der Waals surface area contributed by atoms with Crippen molar-refractivity contribution in [2.45, 2.75) is 16.4 Å². The summed E-state index contributed by atoms with van der Waals surface area (Å²) in [6.07, 6.45) is 1.95. The normalized spacial score (nSPS) is 17.1. The number of rotatable bonds is 2. The molecule has 2 aromatic heterocycles. The Morgan fingerprint density at radius 3 is 2.77 bits per heavy atom. The lowest BCUT2D eigenvalue weighted by Gasteiger charge is -2.13. The van der Waals surface area contributed by atoms with Crippen molar-refractivity contribution in [2.24, 2.45) is 7.05 Å². The number of aryl methyl sites for hydroxylation is 1. The highest BCUT2D eigenvalue weighted by atomic mass is 32.2. The van der Waals surface area contributed by atoms with Crippen LogP contribution in [-0.2, 0) is 7.05 Å². The number of hydrogen-bond donors (Lipinski definition) is 0. The molecule has 0 saturated heterocycles. The summed E-state index contributed by atoms with van der Waals surface area (Å²) in [6, 6.07) is 10.2. The maximum atomic E-state index is 13.0. The van der Waals surface area contributed by atoms with E-state index in [0.717, 1.165) is 21.6 Å². The van der Waals surface area contributed by atoms with Crippen LogP contribution in [0, 0.1) is 0 Å². The maximum Gasteiger partial charge on any atom is 0.281 e. The van der Waals surface area contributed by atoms with Gasteiger partial charge in [-0.2, -0.15) is 0 Å². The minimum atomic E-state index is -0.00541. The highest BCUT2D eigenvalue weighted by Crippen LogP contribution is 2.35. The van der Waals surface area contributed by atoms with E-state index in [9.17, 15) is 4.79 Å². The second kappa shape index (κ2) is 5.17. The van der Waals surface area contributed by atoms with Crippen LogP contribution in [-0.4, -0.2) is 31.1 Å². The van der Waals surface area contributed by atoms with E-state index in [1.54, 1.807) is 11.8 Å². The molecule has 3 heterocycles. The Hall–Kier alpha value is -1.73. The van der Waals surface area contributed by atoms with Crippen LogP contribution >= 0.6 is 23.5 Å². The summed E-state index contributed by atoms with van der Waals surface area (Å²) in [5.41, 5.74) is 2.26. The fourth-order valence-corrected chi connectivity index (χ4v) is 4.53. The fourth-order valence-electron chi connectivity index (χ4n) is 2.83. The van der Waals surface area contributed by atoms with Crippen LogP contribution in [0.3, 0.4) is 0 Å². The van der Waals surface area contributed by atoms with Crippen molar-refractivity contribution in [1.82, 2.24) is 19.1 Å². The predicted molar refractivity (Wildman–Crippen MR) is 89.9 cm³/mol. The average molecular weight is 330 g/mol. The molecule has 4 rings (SSSR count). The summed E-state index contributed by atoms with van der Waals surface area (Å²) in [6.45, 7) is 0. The largest absolute Gasteiger partial charge is 0.316 e. The van der Waals surface area contributed by atoms with E-state index in [4.69, 9.17) is 0 Å². The van der Waals surface area contributed by atoms with Crippen LogP contribution in [0.4, 0.5) is 0 Å². The smallest absolute Gasteiger partial charge is 0.281 e. The highest BCUT2D eigenvalue weighted by Gasteiger charge is 2.29. The first-order valence-electron chi connectivity index (χ1n) is 6.91. The van der Waals surface area contributed by atoms with Crippen molar-refractivity contribution in [2.75, 3.05) is 12.0 Å². The molecule has 7 heteroatoms. The Morgan fingerprint density at radius 1 is 1.27 bits per heavy atom. The Labute approximate surface area is 135 Å². The number of benzene rings is 1. The summed E-state index contributed by atoms with van der Waals surface area (Å²) < 4.78 is 3.65. The molecule has 1 aliphatic rings. The number of aromatic nitrogens is 4. The Balaban J connectivity index is 1.98. The molecule has 0 amide bonds. The van der Waals surface area contributed by atoms with E-state index in [0.29, 0.717) is 11.2 Å². The van der Waals surface area contributed by atoms with Gasteiger partial charge in [0.1, 0.15) is 0 Å². The van der Waals surface area contributed by atoms with Crippen LogP contribution in [0.5, 0.6) is 0 Å². The van der Waals surface area contributed by atoms with Crippen molar-refractivity contribution in [3.05, 3.63) is 46.2 Å². The van der Waals surface area contributed by atoms with Gasteiger partial charge in [-0.25, -0.2) is 9.97 Å². The van der Waals surface area contributed by atoms with Crippen molar-refractivity contribution < 1.29 is 0 Å². The van der Waals surface area contributed by atoms with Gasteiger partial charge in [0.25, 0.3) is 5.56 Å². The first-order valence-corrected chi connectivity index (χ1v) is 9.12. The van der Waals surface area contributed by atoms with Crippen LogP contribution in [0.25, 0.3) is 11.2 Å². The molecule has 1 unspecified atom stereocenters. The quantitative estimate of drug-likeness (QED) is 0.534. The van der Waals surface area contributed by atoms with Crippen LogP contribution < -0.4 is 5.56 Å². The zero-order chi connectivity index (χ0) is 15.3. The average Bonchev–Trinajstić information content (AvgIpc) is 3.10. The molecule has 0 fully saturated rings. The molecule has 0 bridgehead atoms. The molecule has 0 aliphatic carbocycles. The summed E-state index contributed by atoms with van der Waals surface area (Å²) in [5, 5.41) is 1.57. The highest BCUT2D eigenvalue weighted by molar-refractivity contribution is 7.99. The van der Waals surface area contributed by atoms with Crippen LogP contribution in [0.2, 0.25) is 0 Å². The second-order valence-electron chi connectivity index (χ2n) is 5.14. The number of thioether (sulfide) groups is 2. The van der Waals surface area contributed by atoms with Gasteiger partial charge < -0.3 is 4.57 Å². The summed E-state index contributed by atoms with van der Waals surface area (Å²) >= 11 is 3.14. The molecular weight excluding hydrogens is 316 g/mol. The van der Waals surface area contributed by atoms with Gasteiger partial charge in [0, 0.05) is 12.8 Å². The molecule has 1 aliphatic heterocycles. The molecule has 22 heavy (non-hydrogen) atoms. The second-order valence-corrected chi connectivity index (χ2v) is 6.90. The first-order chi connectivity index (χ1) is 10.7. The molecule has 0 N–H and O–H groups in total. The molecule has 0 spiro atoms. The lowest BCUT2D eigenvalue weighted by Crippen LogP contribution is -2.26.